The van der Waals surface area contributed by atoms with Crippen molar-refractivity contribution in [2.24, 2.45) is 5.92 Å². The monoisotopic (exact) mass is 137 g/mol. The molecule has 2 unspecified atom stereocenters. The molecule has 0 aliphatic heterocycles. The van der Waals surface area contributed by atoms with Crippen LogP contribution in [0, 0.1) is 17.2 Å². The van der Waals surface area contributed by atoms with E-state index >= 15 is 0 Å². The van der Waals surface area contributed by atoms with Gasteiger partial charge in [0.2, 0.25) is 0 Å². The van der Waals surface area contributed by atoms with Crippen LogP contribution in [0.15, 0.2) is 12.2 Å². The largest absolute Gasteiger partial charge is 0.389 e. The van der Waals surface area contributed by atoms with Crippen LogP contribution >= 0.6 is 0 Å². The van der Waals surface area contributed by atoms with Gasteiger partial charge in [0.05, 0.1) is 18.1 Å². The van der Waals surface area contributed by atoms with Crippen LogP contribution in [0.3, 0.4) is 0 Å². The fraction of sp³-hybridized carbons (Fsp3) is 0.625. The maximum absolute atomic E-state index is 9.11. The molecule has 0 aromatic heterocycles. The van der Waals surface area contributed by atoms with Crippen LogP contribution in [0.25, 0.3) is 0 Å². The molecule has 0 bridgehead atoms. The standard InChI is InChI=1S/C8H11NO/c9-6-7-2-1-3-8(10)5-4-7/h4-5,7-8,10H,1-3H2. The van der Waals surface area contributed by atoms with Gasteiger partial charge in [0, 0.05) is 0 Å². The molecule has 2 nitrogen and oxygen atoms in total. The van der Waals surface area contributed by atoms with E-state index in [1.165, 1.54) is 0 Å². The highest BCUT2D eigenvalue weighted by Crippen LogP contribution is 2.15. The third-order valence-electron chi connectivity index (χ3n) is 1.75. The van der Waals surface area contributed by atoms with E-state index in [0.717, 1.165) is 19.3 Å². The lowest BCUT2D eigenvalue weighted by molar-refractivity contribution is 0.211. The van der Waals surface area contributed by atoms with Crippen molar-refractivity contribution in [3.63, 3.8) is 0 Å². The Morgan fingerprint density at radius 3 is 2.90 bits per heavy atom. The zero-order valence-electron chi connectivity index (χ0n) is 5.83. The molecule has 0 saturated carbocycles. The molecule has 0 amide bonds. The Morgan fingerprint density at radius 1 is 1.40 bits per heavy atom. The third-order valence-corrected chi connectivity index (χ3v) is 1.75. The van der Waals surface area contributed by atoms with E-state index in [-0.39, 0.29) is 12.0 Å². The first-order chi connectivity index (χ1) is 4.83. The predicted molar refractivity (Wildman–Crippen MR) is 38.1 cm³/mol. The van der Waals surface area contributed by atoms with Crippen molar-refractivity contribution >= 4 is 0 Å². The maximum Gasteiger partial charge on any atom is 0.0721 e. The first-order valence-corrected chi connectivity index (χ1v) is 3.59. The van der Waals surface area contributed by atoms with Gasteiger partial charge in [0.1, 0.15) is 0 Å². The Hall–Kier alpha value is -0.810. The molecule has 2 atom stereocenters. The van der Waals surface area contributed by atoms with E-state index < -0.39 is 0 Å². The molecule has 0 fully saturated rings. The lowest BCUT2D eigenvalue weighted by atomic mass is 10.1. The number of hydrogen-bond acceptors (Lipinski definition) is 2. The van der Waals surface area contributed by atoms with Gasteiger partial charge in [0.15, 0.2) is 0 Å². The summed E-state index contributed by atoms with van der Waals surface area (Å²) in [4.78, 5) is 0. The van der Waals surface area contributed by atoms with Crippen molar-refractivity contribution < 1.29 is 5.11 Å². The molecule has 1 rings (SSSR count). The Kier molecular flexibility index (Phi) is 2.47. The molecule has 0 radical (unpaired) electrons. The van der Waals surface area contributed by atoms with E-state index in [1.807, 2.05) is 0 Å². The zero-order chi connectivity index (χ0) is 7.40. The number of aliphatic hydroxyl groups excluding tert-OH is 1. The van der Waals surface area contributed by atoms with Gasteiger partial charge in [-0.3, -0.25) is 0 Å². The van der Waals surface area contributed by atoms with Gasteiger partial charge in [-0.2, -0.15) is 5.26 Å². The summed E-state index contributed by atoms with van der Waals surface area (Å²) in [6.45, 7) is 0. The normalized spacial score (nSPS) is 32.8. The summed E-state index contributed by atoms with van der Waals surface area (Å²) in [6, 6.07) is 2.17. The van der Waals surface area contributed by atoms with Crippen molar-refractivity contribution in [2.75, 3.05) is 0 Å². The summed E-state index contributed by atoms with van der Waals surface area (Å²) >= 11 is 0. The zero-order valence-corrected chi connectivity index (χ0v) is 5.83. The first kappa shape index (κ1) is 7.30. The number of rotatable bonds is 0. The summed E-state index contributed by atoms with van der Waals surface area (Å²) < 4.78 is 0. The number of hydrogen-bond donors (Lipinski definition) is 1. The summed E-state index contributed by atoms with van der Waals surface area (Å²) in [5.74, 6) is 0.0251. The van der Waals surface area contributed by atoms with Crippen molar-refractivity contribution in [1.82, 2.24) is 0 Å². The SMILES string of the molecule is N#CC1C=CC(O)CCC1. The summed E-state index contributed by atoms with van der Waals surface area (Å²) in [6.07, 6.45) is 5.85. The Bertz CT molecular complexity index is 169. The molecule has 54 valence electrons. The fourth-order valence-electron chi connectivity index (χ4n) is 1.11. The van der Waals surface area contributed by atoms with Crippen LogP contribution in [0.2, 0.25) is 0 Å². The van der Waals surface area contributed by atoms with Gasteiger partial charge in [0.25, 0.3) is 0 Å². The third kappa shape index (κ3) is 1.85. The number of nitriles is 1. The van der Waals surface area contributed by atoms with E-state index in [2.05, 4.69) is 6.07 Å². The number of allylic oxidation sites excluding steroid dienone is 1. The number of aliphatic hydroxyl groups is 1. The highest BCUT2D eigenvalue weighted by atomic mass is 16.3. The summed E-state index contributed by atoms with van der Waals surface area (Å²) in [7, 11) is 0. The molecule has 1 aliphatic rings. The van der Waals surface area contributed by atoms with Crippen LogP contribution in [0.1, 0.15) is 19.3 Å². The van der Waals surface area contributed by atoms with E-state index in [1.54, 1.807) is 12.2 Å². The quantitative estimate of drug-likeness (QED) is 0.510. The Balaban J connectivity index is 2.52. The minimum atomic E-state index is -0.321. The van der Waals surface area contributed by atoms with Crippen molar-refractivity contribution in [3.8, 4) is 6.07 Å². The molecule has 0 heterocycles. The molecule has 0 spiro atoms. The van der Waals surface area contributed by atoms with Gasteiger partial charge in [-0.25, -0.2) is 0 Å². The average molecular weight is 137 g/mol. The first-order valence-electron chi connectivity index (χ1n) is 3.59. The van der Waals surface area contributed by atoms with E-state index in [4.69, 9.17) is 10.4 Å². The minimum Gasteiger partial charge on any atom is -0.389 e. The van der Waals surface area contributed by atoms with Crippen molar-refractivity contribution in [2.45, 2.75) is 25.4 Å². The van der Waals surface area contributed by atoms with Gasteiger partial charge in [-0.1, -0.05) is 12.2 Å². The Labute approximate surface area is 60.8 Å². The molecular weight excluding hydrogens is 126 g/mol. The molecule has 0 saturated heterocycles. The minimum absolute atomic E-state index is 0.0251. The van der Waals surface area contributed by atoms with E-state index in [9.17, 15) is 0 Å². The van der Waals surface area contributed by atoms with Crippen molar-refractivity contribution in [3.05, 3.63) is 12.2 Å². The highest BCUT2D eigenvalue weighted by molar-refractivity contribution is 5.04. The second-order valence-corrected chi connectivity index (χ2v) is 2.62. The highest BCUT2D eigenvalue weighted by Gasteiger charge is 2.09. The van der Waals surface area contributed by atoms with Crippen LogP contribution in [0.4, 0.5) is 0 Å². The topological polar surface area (TPSA) is 44.0 Å². The lowest BCUT2D eigenvalue weighted by Crippen LogP contribution is -1.98. The molecule has 0 aromatic rings. The average Bonchev–Trinajstić information content (AvgIpc) is 2.14. The van der Waals surface area contributed by atoms with Gasteiger partial charge in [-0.15, -0.1) is 0 Å². The van der Waals surface area contributed by atoms with E-state index in [0.29, 0.717) is 0 Å². The molecule has 0 aromatic carbocycles. The van der Waals surface area contributed by atoms with Gasteiger partial charge < -0.3 is 5.11 Å². The van der Waals surface area contributed by atoms with Crippen molar-refractivity contribution in [1.29, 1.82) is 5.26 Å². The summed E-state index contributed by atoms with van der Waals surface area (Å²) in [5.41, 5.74) is 0. The van der Waals surface area contributed by atoms with Crippen LogP contribution in [-0.2, 0) is 0 Å². The van der Waals surface area contributed by atoms with Crippen LogP contribution in [0.5, 0.6) is 0 Å². The second kappa shape index (κ2) is 3.38. The van der Waals surface area contributed by atoms with Crippen LogP contribution in [-0.4, -0.2) is 11.2 Å². The number of nitrogens with zero attached hydrogens (tertiary/aromatic N) is 1. The van der Waals surface area contributed by atoms with Gasteiger partial charge in [-0.05, 0) is 19.3 Å². The fourth-order valence-corrected chi connectivity index (χ4v) is 1.11. The second-order valence-electron chi connectivity index (χ2n) is 2.62. The smallest absolute Gasteiger partial charge is 0.0721 e. The maximum atomic E-state index is 9.11. The van der Waals surface area contributed by atoms with Gasteiger partial charge >= 0.3 is 0 Å². The molecule has 1 N–H and O–H groups in total. The van der Waals surface area contributed by atoms with Crippen LogP contribution < -0.4 is 0 Å². The molecule has 1 aliphatic carbocycles. The Morgan fingerprint density at radius 2 is 2.20 bits per heavy atom. The molecular formula is C8H11NO. The molecule has 10 heavy (non-hydrogen) atoms. The summed E-state index contributed by atoms with van der Waals surface area (Å²) in [5, 5.41) is 17.6. The predicted octanol–water partition coefficient (Wildman–Crippen LogP) is 1.23. The molecule has 2 heteroatoms. The lowest BCUT2D eigenvalue weighted by Gasteiger charge is -1.98.